The number of nitrogens with two attached hydrogens (primary N) is 1. The fourth-order valence-electron chi connectivity index (χ4n) is 6.31. The lowest BCUT2D eigenvalue weighted by Crippen LogP contribution is -2.50. The molecule has 1 aromatic carbocycles. The standard InChI is InChI=1S/C31H35FN6O3/c1-18-25-9-7-21(31(40)36-15-22(32)12-23(33)16-36)14-38(25)35-29(18)26-11-20-3-2-4-27(30(20)37(26)13-19-5-6-19)41-17-24-8-10-28(39)34-24/h2-4,7,9,11,14,19,22-24H,5-6,8,10,12-13,15-17,33H2,1H3,(H,34,39)/t22-,23-,24-/m1/s1. The highest BCUT2D eigenvalue weighted by Crippen LogP contribution is 2.40. The number of nitrogens with zero attached hydrogens (tertiary/aromatic N) is 4. The number of aromatic nitrogens is 3. The van der Waals surface area contributed by atoms with Gasteiger partial charge in [0, 0.05) is 42.7 Å². The summed E-state index contributed by atoms with van der Waals surface area (Å²) in [6.45, 7) is 3.77. The third-order valence-corrected chi connectivity index (χ3v) is 8.63. The van der Waals surface area contributed by atoms with Crippen molar-refractivity contribution < 1.29 is 18.7 Å². The minimum Gasteiger partial charge on any atom is -0.489 e. The van der Waals surface area contributed by atoms with Gasteiger partial charge in [-0.2, -0.15) is 5.10 Å². The SMILES string of the molecule is Cc1c(-c2cc3cccc(OC[C@H]4CCC(=O)N4)c3n2CC2CC2)nn2cc(C(=O)N3C[C@H](N)C[C@@H](F)C3)ccc12. The molecule has 0 bridgehead atoms. The maximum Gasteiger partial charge on any atom is 0.255 e. The third kappa shape index (κ3) is 4.94. The number of alkyl halides is 1. The van der Waals surface area contributed by atoms with Gasteiger partial charge in [0.05, 0.1) is 34.9 Å². The molecular formula is C31H35FN6O3. The minimum atomic E-state index is -1.11. The van der Waals surface area contributed by atoms with Crippen molar-refractivity contribution in [2.45, 2.75) is 63.8 Å². The van der Waals surface area contributed by atoms with Crippen LogP contribution in [-0.2, 0) is 11.3 Å². The number of carbonyl (C=O) groups is 2. The number of hydrogen-bond acceptors (Lipinski definition) is 5. The van der Waals surface area contributed by atoms with Gasteiger partial charge in [-0.1, -0.05) is 12.1 Å². The van der Waals surface area contributed by atoms with E-state index in [4.69, 9.17) is 15.6 Å². The van der Waals surface area contributed by atoms with Crippen molar-refractivity contribution in [1.29, 1.82) is 0 Å². The lowest BCUT2D eigenvalue weighted by Gasteiger charge is -2.32. The Balaban J connectivity index is 1.25. The summed E-state index contributed by atoms with van der Waals surface area (Å²) in [5.41, 5.74) is 11.3. The molecule has 0 spiro atoms. The molecule has 2 saturated heterocycles. The van der Waals surface area contributed by atoms with E-state index in [1.165, 1.54) is 17.7 Å². The number of pyridine rings is 1. The molecule has 41 heavy (non-hydrogen) atoms. The first-order chi connectivity index (χ1) is 19.8. The summed E-state index contributed by atoms with van der Waals surface area (Å²) in [5.74, 6) is 1.26. The molecule has 5 heterocycles. The van der Waals surface area contributed by atoms with Gasteiger partial charge >= 0.3 is 0 Å². The van der Waals surface area contributed by atoms with Gasteiger partial charge in [-0.05, 0) is 62.8 Å². The second-order valence-electron chi connectivity index (χ2n) is 11.9. The number of fused-ring (bicyclic) bond motifs is 2. The molecule has 1 aliphatic carbocycles. The topological polar surface area (TPSA) is 107 Å². The number of aryl methyl sites for hydroxylation is 1. The number of nitrogens with one attached hydrogen (secondary N) is 1. The van der Waals surface area contributed by atoms with E-state index in [1.807, 2.05) is 18.2 Å². The molecule has 3 fully saturated rings. The van der Waals surface area contributed by atoms with Gasteiger partial charge in [-0.25, -0.2) is 8.91 Å². The number of amides is 2. The average Bonchev–Trinajstić information content (AvgIpc) is 3.42. The molecule has 10 heteroatoms. The number of benzene rings is 1. The van der Waals surface area contributed by atoms with Gasteiger partial charge in [0.1, 0.15) is 24.2 Å². The van der Waals surface area contributed by atoms with Crippen LogP contribution in [0.4, 0.5) is 4.39 Å². The lowest BCUT2D eigenvalue weighted by atomic mass is 10.0. The Morgan fingerprint density at radius 1 is 1.20 bits per heavy atom. The van der Waals surface area contributed by atoms with Crippen molar-refractivity contribution in [2.24, 2.45) is 11.7 Å². The van der Waals surface area contributed by atoms with Crippen molar-refractivity contribution in [3.63, 3.8) is 0 Å². The van der Waals surface area contributed by atoms with E-state index in [0.717, 1.165) is 52.1 Å². The van der Waals surface area contributed by atoms with Crippen LogP contribution >= 0.6 is 0 Å². The van der Waals surface area contributed by atoms with Gasteiger partial charge in [0.25, 0.3) is 5.91 Å². The highest BCUT2D eigenvalue weighted by molar-refractivity contribution is 5.95. The fourth-order valence-corrected chi connectivity index (χ4v) is 6.31. The third-order valence-electron chi connectivity index (χ3n) is 8.63. The van der Waals surface area contributed by atoms with Crippen LogP contribution in [0, 0.1) is 12.8 Å². The van der Waals surface area contributed by atoms with Crippen molar-refractivity contribution >= 4 is 28.2 Å². The summed E-state index contributed by atoms with van der Waals surface area (Å²) >= 11 is 0. The number of likely N-dealkylation sites (tertiary alicyclic amines) is 1. The van der Waals surface area contributed by atoms with Crippen LogP contribution in [0.1, 0.15) is 48.0 Å². The van der Waals surface area contributed by atoms with Gasteiger partial charge in [-0.3, -0.25) is 9.59 Å². The number of carbonyl (C=O) groups excluding carboxylic acids is 2. The van der Waals surface area contributed by atoms with E-state index in [9.17, 15) is 14.0 Å². The van der Waals surface area contributed by atoms with Crippen LogP contribution in [0.25, 0.3) is 27.8 Å². The Kier molecular flexibility index (Phi) is 6.45. The van der Waals surface area contributed by atoms with E-state index >= 15 is 0 Å². The molecule has 3 aliphatic rings. The minimum absolute atomic E-state index is 0.0260. The second kappa shape index (κ2) is 10.2. The van der Waals surface area contributed by atoms with Gasteiger partial charge in [-0.15, -0.1) is 0 Å². The average molecular weight is 559 g/mol. The van der Waals surface area contributed by atoms with Gasteiger partial charge in [0.15, 0.2) is 0 Å². The molecule has 2 amide bonds. The Morgan fingerprint density at radius 3 is 2.80 bits per heavy atom. The van der Waals surface area contributed by atoms with Crippen molar-refractivity contribution in [3.8, 4) is 17.1 Å². The molecule has 1 saturated carbocycles. The predicted octanol–water partition coefficient (Wildman–Crippen LogP) is 3.84. The normalized spacial score (nSPS) is 23.0. The van der Waals surface area contributed by atoms with Gasteiger partial charge in [0.2, 0.25) is 5.91 Å². The van der Waals surface area contributed by atoms with E-state index < -0.39 is 6.17 Å². The van der Waals surface area contributed by atoms with Crippen molar-refractivity contribution in [2.75, 3.05) is 19.7 Å². The molecule has 2 aliphatic heterocycles. The predicted molar refractivity (Wildman–Crippen MR) is 154 cm³/mol. The van der Waals surface area contributed by atoms with Crippen LogP contribution in [0.2, 0.25) is 0 Å². The highest BCUT2D eigenvalue weighted by atomic mass is 19.1. The van der Waals surface area contributed by atoms with Gasteiger partial charge < -0.3 is 25.3 Å². The molecule has 214 valence electrons. The largest absolute Gasteiger partial charge is 0.489 e. The molecule has 3 aromatic heterocycles. The number of hydrogen-bond donors (Lipinski definition) is 2. The molecule has 0 unspecified atom stereocenters. The monoisotopic (exact) mass is 558 g/mol. The molecule has 7 rings (SSSR count). The van der Waals surface area contributed by atoms with E-state index in [-0.39, 0.29) is 36.9 Å². The van der Waals surface area contributed by atoms with Crippen molar-refractivity contribution in [3.05, 3.63) is 53.7 Å². The Morgan fingerprint density at radius 2 is 2.05 bits per heavy atom. The molecule has 9 nitrogen and oxygen atoms in total. The quantitative estimate of drug-likeness (QED) is 0.359. The smallest absolute Gasteiger partial charge is 0.255 e. The summed E-state index contributed by atoms with van der Waals surface area (Å²) < 4.78 is 24.5. The molecular weight excluding hydrogens is 523 g/mol. The van der Waals surface area contributed by atoms with E-state index in [1.54, 1.807) is 16.8 Å². The van der Waals surface area contributed by atoms with Crippen LogP contribution in [0.3, 0.4) is 0 Å². The summed E-state index contributed by atoms with van der Waals surface area (Å²) in [4.78, 5) is 26.4. The number of para-hydroxylation sites is 1. The van der Waals surface area contributed by atoms with Crippen LogP contribution in [0.5, 0.6) is 5.75 Å². The Hall–Kier alpha value is -3.92. The van der Waals surface area contributed by atoms with Crippen LogP contribution in [-0.4, -0.2) is 68.8 Å². The number of piperidine rings is 1. The Labute approximate surface area is 237 Å². The molecule has 3 atom stereocenters. The maximum atomic E-state index is 14.1. The summed E-state index contributed by atoms with van der Waals surface area (Å²) in [6.07, 6.45) is 4.64. The first-order valence-corrected chi connectivity index (χ1v) is 14.6. The van der Waals surface area contributed by atoms with Crippen molar-refractivity contribution in [1.82, 2.24) is 24.4 Å². The summed E-state index contributed by atoms with van der Waals surface area (Å²) in [6, 6.07) is 11.6. The maximum absolute atomic E-state index is 14.1. The molecule has 0 radical (unpaired) electrons. The van der Waals surface area contributed by atoms with Crippen LogP contribution in [0.15, 0.2) is 42.6 Å². The first kappa shape index (κ1) is 26.0. The summed E-state index contributed by atoms with van der Waals surface area (Å²) in [5, 5.41) is 9.03. The zero-order valence-electron chi connectivity index (χ0n) is 23.2. The highest BCUT2D eigenvalue weighted by Gasteiger charge is 2.30. The number of halogens is 1. The fraction of sp³-hybridized carbons (Fsp3) is 0.452. The Bertz CT molecular complexity index is 1650. The first-order valence-electron chi connectivity index (χ1n) is 14.6. The summed E-state index contributed by atoms with van der Waals surface area (Å²) in [7, 11) is 0. The zero-order valence-corrected chi connectivity index (χ0v) is 23.2. The van der Waals surface area contributed by atoms with E-state index in [2.05, 4.69) is 28.9 Å². The molecule has 4 aromatic rings. The second-order valence-corrected chi connectivity index (χ2v) is 11.9. The number of rotatable bonds is 7. The number of ether oxygens (including phenoxy) is 1. The lowest BCUT2D eigenvalue weighted by molar-refractivity contribution is -0.119. The zero-order chi connectivity index (χ0) is 28.2. The van der Waals surface area contributed by atoms with E-state index in [0.29, 0.717) is 31.1 Å². The molecule has 3 N–H and O–H groups in total. The van der Waals surface area contributed by atoms with Crippen LogP contribution < -0.4 is 15.8 Å².